The highest BCUT2D eigenvalue weighted by Gasteiger charge is 2.31. The van der Waals surface area contributed by atoms with Crippen LogP contribution in [0.2, 0.25) is 0 Å². The lowest BCUT2D eigenvalue weighted by Crippen LogP contribution is -2.35. The smallest absolute Gasteiger partial charge is 0.257 e. The van der Waals surface area contributed by atoms with E-state index < -0.39 is 31.8 Å². The van der Waals surface area contributed by atoms with Crippen LogP contribution < -0.4 is 10.0 Å². The first-order chi connectivity index (χ1) is 13.7. The van der Waals surface area contributed by atoms with E-state index in [9.17, 15) is 21.6 Å². The highest BCUT2D eigenvalue weighted by atomic mass is 32.2. The molecule has 0 aliphatic carbocycles. The molecule has 2 aromatic carbocycles. The number of anilines is 1. The molecule has 29 heavy (non-hydrogen) atoms. The SMILES string of the molecule is O=C(Nc1nc2ccccc2s1)c1cccc(S(=O)(=O)N[C@H]2CCS(=O)(=O)C2)c1. The summed E-state index contributed by atoms with van der Waals surface area (Å²) in [6.45, 7) is 0. The molecule has 0 bridgehead atoms. The zero-order valence-corrected chi connectivity index (χ0v) is 17.5. The molecule has 0 saturated carbocycles. The average molecular weight is 452 g/mol. The van der Waals surface area contributed by atoms with Gasteiger partial charge in [0.15, 0.2) is 15.0 Å². The number of fused-ring (bicyclic) bond motifs is 1. The van der Waals surface area contributed by atoms with Gasteiger partial charge in [-0.15, -0.1) is 0 Å². The molecule has 11 heteroatoms. The lowest BCUT2D eigenvalue weighted by molar-refractivity contribution is 0.102. The minimum Gasteiger partial charge on any atom is -0.298 e. The van der Waals surface area contributed by atoms with Crippen molar-refractivity contribution in [2.24, 2.45) is 0 Å². The molecule has 152 valence electrons. The molecule has 1 saturated heterocycles. The number of sulfone groups is 1. The molecule has 0 spiro atoms. The van der Waals surface area contributed by atoms with Crippen LogP contribution in [0.5, 0.6) is 0 Å². The number of nitrogens with one attached hydrogen (secondary N) is 2. The lowest BCUT2D eigenvalue weighted by Gasteiger charge is -2.12. The number of sulfonamides is 1. The number of aromatic nitrogens is 1. The zero-order chi connectivity index (χ0) is 20.6. The summed E-state index contributed by atoms with van der Waals surface area (Å²) in [5.74, 6) is -0.737. The molecular weight excluding hydrogens is 434 g/mol. The van der Waals surface area contributed by atoms with Crippen molar-refractivity contribution in [3.8, 4) is 0 Å². The third-order valence-corrected chi connectivity index (χ3v) is 8.71. The van der Waals surface area contributed by atoms with Gasteiger partial charge in [-0.3, -0.25) is 10.1 Å². The summed E-state index contributed by atoms with van der Waals surface area (Å²) in [6.07, 6.45) is 0.235. The number of nitrogens with zero attached hydrogens (tertiary/aromatic N) is 1. The summed E-state index contributed by atoms with van der Waals surface area (Å²) in [7, 11) is -7.17. The Labute approximate surface area is 171 Å². The highest BCUT2D eigenvalue weighted by molar-refractivity contribution is 7.92. The number of hydrogen-bond donors (Lipinski definition) is 2. The number of benzene rings is 2. The quantitative estimate of drug-likeness (QED) is 0.612. The van der Waals surface area contributed by atoms with Crippen LogP contribution in [-0.2, 0) is 19.9 Å². The minimum atomic E-state index is -3.95. The number of thiazole rings is 1. The van der Waals surface area contributed by atoms with Crippen LogP contribution in [0.25, 0.3) is 10.2 Å². The molecule has 3 aromatic rings. The van der Waals surface area contributed by atoms with Gasteiger partial charge in [0.25, 0.3) is 5.91 Å². The fourth-order valence-electron chi connectivity index (χ4n) is 3.07. The van der Waals surface area contributed by atoms with E-state index in [1.54, 1.807) is 0 Å². The van der Waals surface area contributed by atoms with Crippen molar-refractivity contribution in [1.29, 1.82) is 0 Å². The van der Waals surface area contributed by atoms with E-state index in [1.807, 2.05) is 24.3 Å². The summed E-state index contributed by atoms with van der Waals surface area (Å²) in [6, 6.07) is 12.4. The van der Waals surface area contributed by atoms with Crippen LogP contribution in [-0.4, -0.2) is 45.3 Å². The fourth-order valence-corrected chi connectivity index (χ4v) is 7.03. The van der Waals surface area contributed by atoms with Gasteiger partial charge in [0.1, 0.15) is 0 Å². The maximum absolute atomic E-state index is 12.6. The molecule has 0 unspecified atom stereocenters. The van der Waals surface area contributed by atoms with Crippen molar-refractivity contribution in [2.45, 2.75) is 17.4 Å². The second-order valence-electron chi connectivity index (χ2n) is 6.69. The summed E-state index contributed by atoms with van der Waals surface area (Å²) >= 11 is 1.32. The summed E-state index contributed by atoms with van der Waals surface area (Å²) in [5, 5.41) is 3.10. The summed E-state index contributed by atoms with van der Waals surface area (Å²) in [4.78, 5) is 16.8. The number of rotatable bonds is 5. The third kappa shape index (κ3) is 4.47. The first kappa shape index (κ1) is 20.0. The van der Waals surface area contributed by atoms with Crippen molar-refractivity contribution < 1.29 is 21.6 Å². The van der Waals surface area contributed by atoms with Gasteiger partial charge in [-0.05, 0) is 36.8 Å². The predicted octanol–water partition coefficient (Wildman–Crippen LogP) is 2.01. The van der Waals surface area contributed by atoms with E-state index in [0.29, 0.717) is 5.13 Å². The van der Waals surface area contributed by atoms with Crippen molar-refractivity contribution in [3.63, 3.8) is 0 Å². The van der Waals surface area contributed by atoms with Gasteiger partial charge in [-0.2, -0.15) is 0 Å². The highest BCUT2D eigenvalue weighted by Crippen LogP contribution is 2.26. The maximum Gasteiger partial charge on any atom is 0.257 e. The van der Waals surface area contributed by atoms with Crippen LogP contribution in [0.15, 0.2) is 53.4 Å². The molecule has 1 atom stereocenters. The van der Waals surface area contributed by atoms with Gasteiger partial charge < -0.3 is 0 Å². The van der Waals surface area contributed by atoms with Gasteiger partial charge in [0, 0.05) is 11.6 Å². The first-order valence-corrected chi connectivity index (χ1v) is 12.8. The van der Waals surface area contributed by atoms with Crippen molar-refractivity contribution in [3.05, 3.63) is 54.1 Å². The van der Waals surface area contributed by atoms with Gasteiger partial charge >= 0.3 is 0 Å². The second kappa shape index (κ2) is 7.48. The van der Waals surface area contributed by atoms with Crippen molar-refractivity contribution in [2.75, 3.05) is 16.8 Å². The molecule has 0 radical (unpaired) electrons. The fraction of sp³-hybridized carbons (Fsp3) is 0.222. The molecular formula is C18H17N3O5S3. The number of amides is 1. The van der Waals surface area contributed by atoms with E-state index in [1.165, 1.54) is 35.6 Å². The Morgan fingerprint density at radius 2 is 1.93 bits per heavy atom. The summed E-state index contributed by atoms with van der Waals surface area (Å²) in [5.41, 5.74) is 0.922. The van der Waals surface area contributed by atoms with Gasteiger partial charge in [-0.25, -0.2) is 26.5 Å². The number of hydrogen-bond acceptors (Lipinski definition) is 7. The topological polar surface area (TPSA) is 122 Å². The van der Waals surface area contributed by atoms with E-state index in [2.05, 4.69) is 15.0 Å². The van der Waals surface area contributed by atoms with Crippen LogP contribution in [0.3, 0.4) is 0 Å². The first-order valence-electron chi connectivity index (χ1n) is 8.72. The third-order valence-electron chi connectivity index (χ3n) is 4.48. The van der Waals surface area contributed by atoms with Gasteiger partial charge in [0.2, 0.25) is 10.0 Å². The normalized spacial score (nSPS) is 18.7. The molecule has 1 aromatic heterocycles. The molecule has 2 heterocycles. The Kier molecular flexibility index (Phi) is 5.15. The molecule has 2 N–H and O–H groups in total. The molecule has 1 aliphatic heterocycles. The van der Waals surface area contributed by atoms with E-state index in [0.717, 1.165) is 10.2 Å². The number of para-hydroxylation sites is 1. The maximum atomic E-state index is 12.6. The Hall–Kier alpha value is -2.34. The number of carbonyl (C=O) groups excluding carboxylic acids is 1. The van der Waals surface area contributed by atoms with Crippen LogP contribution >= 0.6 is 11.3 Å². The van der Waals surface area contributed by atoms with Crippen LogP contribution in [0.1, 0.15) is 16.8 Å². The van der Waals surface area contributed by atoms with E-state index >= 15 is 0 Å². The van der Waals surface area contributed by atoms with Crippen LogP contribution in [0, 0.1) is 0 Å². The molecule has 1 aliphatic rings. The van der Waals surface area contributed by atoms with Crippen LogP contribution in [0.4, 0.5) is 5.13 Å². The van der Waals surface area contributed by atoms with Crippen molar-refractivity contribution >= 4 is 52.5 Å². The predicted molar refractivity (Wildman–Crippen MR) is 111 cm³/mol. The Morgan fingerprint density at radius 3 is 2.66 bits per heavy atom. The summed E-state index contributed by atoms with van der Waals surface area (Å²) < 4.78 is 51.6. The monoisotopic (exact) mass is 451 g/mol. The largest absolute Gasteiger partial charge is 0.298 e. The number of carbonyl (C=O) groups is 1. The lowest BCUT2D eigenvalue weighted by atomic mass is 10.2. The Bertz CT molecular complexity index is 1270. The Balaban J connectivity index is 1.52. The zero-order valence-electron chi connectivity index (χ0n) is 15.0. The van der Waals surface area contributed by atoms with Gasteiger partial charge in [0.05, 0.1) is 26.6 Å². The molecule has 1 amide bonds. The minimum absolute atomic E-state index is 0.0369. The second-order valence-corrected chi connectivity index (χ2v) is 11.7. The molecule has 8 nitrogen and oxygen atoms in total. The van der Waals surface area contributed by atoms with Gasteiger partial charge in [-0.1, -0.05) is 29.5 Å². The molecule has 1 fully saturated rings. The molecule has 4 rings (SSSR count). The van der Waals surface area contributed by atoms with E-state index in [-0.39, 0.29) is 28.4 Å². The van der Waals surface area contributed by atoms with E-state index in [4.69, 9.17) is 0 Å². The average Bonchev–Trinajstić information content (AvgIpc) is 3.23. The Morgan fingerprint density at radius 1 is 1.14 bits per heavy atom. The van der Waals surface area contributed by atoms with Crippen molar-refractivity contribution in [1.82, 2.24) is 9.71 Å². The standard InChI is InChI=1S/C18H17N3O5S3/c22-17(20-18-19-15-6-1-2-7-16(15)27-18)12-4-3-5-14(10-12)29(25,26)21-13-8-9-28(23,24)11-13/h1-7,10,13,21H,8-9,11H2,(H,19,20,22)/t13-/m0/s1.